The number of benzene rings is 1. The number of aromatic nitrogens is 1. The Morgan fingerprint density at radius 2 is 1.85 bits per heavy atom. The lowest BCUT2D eigenvalue weighted by Gasteiger charge is -2.19. The first kappa shape index (κ1) is 20.6. The summed E-state index contributed by atoms with van der Waals surface area (Å²) in [6.07, 6.45) is 3.94. The van der Waals surface area contributed by atoms with Crippen LogP contribution in [0.2, 0.25) is 0 Å². The highest BCUT2D eigenvalue weighted by Gasteiger charge is 2.30. The molecular formula is C19H23FN2O5. The minimum atomic E-state index is -1.26. The second kappa shape index (κ2) is 8.79. The molecule has 0 spiro atoms. The molecule has 1 saturated heterocycles. The Kier molecular flexibility index (Phi) is 6.70. The molecule has 0 aliphatic carbocycles. The normalized spacial score (nSPS) is 20.0. The molecule has 1 aromatic heterocycles. The number of aliphatic carboxylic acids is 2. The third-order valence-corrected chi connectivity index (χ3v) is 4.29. The summed E-state index contributed by atoms with van der Waals surface area (Å²) < 4.78 is 15.4. The van der Waals surface area contributed by atoms with E-state index >= 15 is 0 Å². The molecule has 0 bridgehead atoms. The van der Waals surface area contributed by atoms with Gasteiger partial charge in [-0.15, -0.1) is 0 Å². The molecule has 2 heterocycles. The number of fused-ring (bicyclic) bond motifs is 1. The van der Waals surface area contributed by atoms with Crippen LogP contribution in [0.5, 0.6) is 0 Å². The number of rotatable bonds is 5. The molecule has 1 aromatic carbocycles. The highest BCUT2D eigenvalue weighted by Crippen LogP contribution is 2.21. The Labute approximate surface area is 155 Å². The van der Waals surface area contributed by atoms with Crippen LogP contribution in [0.4, 0.5) is 4.39 Å². The fourth-order valence-corrected chi connectivity index (χ4v) is 2.97. The summed E-state index contributed by atoms with van der Waals surface area (Å²) >= 11 is 0. The van der Waals surface area contributed by atoms with Crippen LogP contribution in [-0.4, -0.2) is 62.0 Å². The molecule has 8 heteroatoms. The number of likely N-dealkylation sites (tertiary alicyclic amines) is 1. The van der Waals surface area contributed by atoms with Gasteiger partial charge in [0.05, 0.1) is 11.1 Å². The van der Waals surface area contributed by atoms with E-state index in [-0.39, 0.29) is 5.82 Å². The average molecular weight is 378 g/mol. The summed E-state index contributed by atoms with van der Waals surface area (Å²) in [7, 11) is 0. The molecule has 146 valence electrons. The van der Waals surface area contributed by atoms with Crippen molar-refractivity contribution in [3.8, 4) is 0 Å². The zero-order valence-electron chi connectivity index (χ0n) is 15.0. The van der Waals surface area contributed by atoms with E-state index in [2.05, 4.69) is 9.47 Å². The van der Waals surface area contributed by atoms with Crippen molar-refractivity contribution in [2.24, 2.45) is 0 Å². The van der Waals surface area contributed by atoms with Gasteiger partial charge in [-0.1, -0.05) is 0 Å². The Morgan fingerprint density at radius 3 is 2.41 bits per heavy atom. The van der Waals surface area contributed by atoms with E-state index in [4.69, 9.17) is 10.2 Å². The number of aliphatic hydroxyl groups is 1. The number of carboxylic acid groups (broad SMARTS) is 2. The Balaban J connectivity index is 0.000000279. The molecule has 1 fully saturated rings. The maximum atomic E-state index is 13.3. The van der Waals surface area contributed by atoms with Crippen molar-refractivity contribution in [3.05, 3.63) is 48.4 Å². The largest absolute Gasteiger partial charge is 0.478 e. The molecule has 27 heavy (non-hydrogen) atoms. The minimum Gasteiger partial charge on any atom is -0.478 e. The van der Waals surface area contributed by atoms with Gasteiger partial charge in [-0.25, -0.2) is 14.0 Å². The van der Waals surface area contributed by atoms with Crippen LogP contribution in [0.1, 0.15) is 13.3 Å². The van der Waals surface area contributed by atoms with Crippen molar-refractivity contribution in [2.45, 2.75) is 25.5 Å². The zero-order chi connectivity index (χ0) is 20.0. The van der Waals surface area contributed by atoms with E-state index in [1.807, 2.05) is 25.3 Å². The molecule has 0 saturated carbocycles. The lowest BCUT2D eigenvalue weighted by atomic mass is 10.1. The maximum absolute atomic E-state index is 13.3. The molecule has 1 unspecified atom stereocenters. The van der Waals surface area contributed by atoms with E-state index in [9.17, 15) is 19.1 Å². The van der Waals surface area contributed by atoms with E-state index in [1.165, 1.54) is 6.07 Å². The summed E-state index contributed by atoms with van der Waals surface area (Å²) in [5.74, 6) is -2.71. The van der Waals surface area contributed by atoms with E-state index in [0.717, 1.165) is 43.5 Å². The van der Waals surface area contributed by atoms with E-state index < -0.39 is 17.5 Å². The number of hydrogen-bond acceptors (Lipinski definition) is 4. The lowest BCUT2D eigenvalue weighted by molar-refractivity contribution is -0.134. The number of β-amino-alcohol motifs (C(OH)–C–C–N with tert-alkyl or cyclic N) is 1. The summed E-state index contributed by atoms with van der Waals surface area (Å²) in [6, 6.07) is 6.89. The highest BCUT2D eigenvalue weighted by molar-refractivity contribution is 5.89. The summed E-state index contributed by atoms with van der Waals surface area (Å²) in [6.45, 7) is 5.24. The predicted molar refractivity (Wildman–Crippen MR) is 98.0 cm³/mol. The molecule has 7 nitrogen and oxygen atoms in total. The van der Waals surface area contributed by atoms with Crippen LogP contribution in [-0.2, 0) is 16.1 Å². The average Bonchev–Trinajstić information content (AvgIpc) is 3.14. The van der Waals surface area contributed by atoms with Gasteiger partial charge < -0.3 is 19.9 Å². The maximum Gasteiger partial charge on any atom is 0.328 e. The topological polar surface area (TPSA) is 103 Å². The number of nitrogens with zero attached hydrogens (tertiary/aromatic N) is 2. The fourth-order valence-electron chi connectivity index (χ4n) is 2.97. The van der Waals surface area contributed by atoms with Gasteiger partial charge in [-0.2, -0.15) is 0 Å². The van der Waals surface area contributed by atoms with Gasteiger partial charge in [0.2, 0.25) is 0 Å². The standard InChI is InChI=1S/C15H19FN2O.C4H4O4/c1-15(19)5-7-17(11-15)8-9-18-6-4-12-2-3-13(16)10-14(12)18;5-3(6)1-2-4(7)8/h2-4,6,10,19H,5,7-9,11H2,1H3;1-2H,(H,5,6)(H,7,8)/b;2-1+. The van der Waals surface area contributed by atoms with Gasteiger partial charge in [-0.05, 0) is 43.0 Å². The van der Waals surface area contributed by atoms with Crippen molar-refractivity contribution in [1.29, 1.82) is 0 Å². The quantitative estimate of drug-likeness (QED) is 0.687. The molecule has 2 aromatic rings. The van der Waals surface area contributed by atoms with Gasteiger partial charge in [-0.3, -0.25) is 4.90 Å². The summed E-state index contributed by atoms with van der Waals surface area (Å²) in [4.78, 5) is 21.4. The molecule has 1 aliphatic heterocycles. The first-order valence-corrected chi connectivity index (χ1v) is 8.49. The summed E-state index contributed by atoms with van der Waals surface area (Å²) in [5, 5.41) is 26.6. The molecule has 0 amide bonds. The number of carbonyl (C=O) groups is 2. The molecule has 3 rings (SSSR count). The van der Waals surface area contributed by atoms with Crippen LogP contribution in [0.15, 0.2) is 42.6 Å². The number of hydrogen-bond donors (Lipinski definition) is 3. The van der Waals surface area contributed by atoms with E-state index in [0.29, 0.717) is 12.2 Å². The predicted octanol–water partition coefficient (Wildman–Crippen LogP) is 1.95. The summed E-state index contributed by atoms with van der Waals surface area (Å²) in [5.41, 5.74) is 0.385. The van der Waals surface area contributed by atoms with Gasteiger partial charge in [0.1, 0.15) is 5.82 Å². The van der Waals surface area contributed by atoms with Crippen LogP contribution in [0, 0.1) is 5.82 Å². The Hall–Kier alpha value is -2.71. The second-order valence-corrected chi connectivity index (χ2v) is 6.75. The molecule has 3 N–H and O–H groups in total. The third-order valence-electron chi connectivity index (χ3n) is 4.29. The molecule has 1 aliphatic rings. The van der Waals surface area contributed by atoms with Crippen LogP contribution < -0.4 is 0 Å². The van der Waals surface area contributed by atoms with Crippen LogP contribution >= 0.6 is 0 Å². The van der Waals surface area contributed by atoms with Crippen molar-refractivity contribution < 1.29 is 29.3 Å². The second-order valence-electron chi connectivity index (χ2n) is 6.75. The van der Waals surface area contributed by atoms with Gasteiger partial charge in [0.15, 0.2) is 0 Å². The van der Waals surface area contributed by atoms with Crippen molar-refractivity contribution in [2.75, 3.05) is 19.6 Å². The Morgan fingerprint density at radius 1 is 1.19 bits per heavy atom. The van der Waals surface area contributed by atoms with Crippen molar-refractivity contribution in [3.63, 3.8) is 0 Å². The number of carboxylic acids is 2. The van der Waals surface area contributed by atoms with Gasteiger partial charge >= 0.3 is 11.9 Å². The van der Waals surface area contributed by atoms with Gasteiger partial charge in [0, 0.05) is 44.5 Å². The monoisotopic (exact) mass is 378 g/mol. The van der Waals surface area contributed by atoms with Crippen LogP contribution in [0.3, 0.4) is 0 Å². The third kappa shape index (κ3) is 6.50. The molecular weight excluding hydrogens is 355 g/mol. The smallest absolute Gasteiger partial charge is 0.328 e. The molecule has 0 radical (unpaired) electrons. The lowest BCUT2D eigenvalue weighted by Crippen LogP contribution is -2.31. The SMILES string of the molecule is CC1(O)CCN(CCn2ccc3ccc(F)cc32)C1.O=C(O)/C=C/C(=O)O. The highest BCUT2D eigenvalue weighted by atomic mass is 19.1. The first-order chi connectivity index (χ1) is 12.7. The Bertz CT molecular complexity index is 828. The first-order valence-electron chi connectivity index (χ1n) is 8.49. The van der Waals surface area contributed by atoms with Crippen molar-refractivity contribution >= 4 is 22.8 Å². The van der Waals surface area contributed by atoms with Gasteiger partial charge in [0.25, 0.3) is 0 Å². The minimum absolute atomic E-state index is 0.198. The zero-order valence-corrected chi connectivity index (χ0v) is 15.0. The van der Waals surface area contributed by atoms with E-state index in [1.54, 1.807) is 6.07 Å². The van der Waals surface area contributed by atoms with Crippen LogP contribution in [0.25, 0.3) is 10.9 Å². The number of halogens is 1. The van der Waals surface area contributed by atoms with Crippen molar-refractivity contribution in [1.82, 2.24) is 9.47 Å². The fraction of sp³-hybridized carbons (Fsp3) is 0.368. The molecule has 1 atom stereocenters.